The zero-order valence-corrected chi connectivity index (χ0v) is 17.4. The van der Waals surface area contributed by atoms with Crippen LogP contribution < -0.4 is 10.9 Å². The highest BCUT2D eigenvalue weighted by Crippen LogP contribution is 2.39. The Morgan fingerprint density at radius 3 is 2.73 bits per heavy atom. The van der Waals surface area contributed by atoms with Crippen molar-refractivity contribution in [2.24, 2.45) is 0 Å². The second-order valence-electron chi connectivity index (χ2n) is 6.88. The van der Waals surface area contributed by atoms with Crippen molar-refractivity contribution >= 4 is 45.1 Å². The van der Waals surface area contributed by atoms with Gasteiger partial charge in [-0.2, -0.15) is 0 Å². The summed E-state index contributed by atoms with van der Waals surface area (Å²) in [4.78, 5) is 49.8. The zero-order valence-electron chi connectivity index (χ0n) is 15.8. The summed E-state index contributed by atoms with van der Waals surface area (Å²) < 4.78 is 0.988. The molecule has 1 aliphatic carbocycles. The van der Waals surface area contributed by atoms with Crippen molar-refractivity contribution in [1.29, 1.82) is 0 Å². The first-order chi connectivity index (χ1) is 14.4. The van der Waals surface area contributed by atoms with Gasteiger partial charge in [0.1, 0.15) is 11.5 Å². The van der Waals surface area contributed by atoms with E-state index in [2.05, 4.69) is 5.32 Å². The molecule has 0 aromatic carbocycles. The van der Waals surface area contributed by atoms with Crippen LogP contribution in [0.2, 0.25) is 0 Å². The lowest BCUT2D eigenvalue weighted by Crippen LogP contribution is -2.27. The SMILES string of the molecule is O=C(Cn1cc([N+](=O)[O-])ccc1=O)Nc1sc2c(c1C(=O)c1cccs1)CCCC2. The third-order valence-corrected chi connectivity index (χ3v) is 6.96. The van der Waals surface area contributed by atoms with Crippen LogP contribution in [0.3, 0.4) is 0 Å². The summed E-state index contributed by atoms with van der Waals surface area (Å²) >= 11 is 2.74. The number of anilines is 1. The van der Waals surface area contributed by atoms with Crippen LogP contribution >= 0.6 is 22.7 Å². The summed E-state index contributed by atoms with van der Waals surface area (Å²) in [7, 11) is 0. The van der Waals surface area contributed by atoms with Crippen LogP contribution in [0.1, 0.15) is 38.5 Å². The molecule has 0 aliphatic heterocycles. The smallest absolute Gasteiger partial charge is 0.285 e. The third kappa shape index (κ3) is 3.96. The number of aromatic nitrogens is 1. The zero-order chi connectivity index (χ0) is 21.3. The molecular formula is C20H17N3O5S2. The number of pyridine rings is 1. The van der Waals surface area contributed by atoms with Crippen molar-refractivity contribution in [3.8, 4) is 0 Å². The number of hydrogen-bond donors (Lipinski definition) is 1. The lowest BCUT2D eigenvalue weighted by Gasteiger charge is -2.12. The molecule has 3 aromatic rings. The number of ketones is 1. The minimum Gasteiger partial charge on any atom is -0.316 e. The monoisotopic (exact) mass is 443 g/mol. The van der Waals surface area contributed by atoms with E-state index in [1.807, 2.05) is 11.4 Å². The summed E-state index contributed by atoms with van der Waals surface area (Å²) in [5.74, 6) is -0.636. The van der Waals surface area contributed by atoms with Crippen LogP contribution in [0.15, 0.2) is 40.6 Å². The van der Waals surface area contributed by atoms with Gasteiger partial charge in [-0.05, 0) is 42.7 Å². The lowest BCUT2D eigenvalue weighted by atomic mass is 9.93. The molecule has 3 heterocycles. The van der Waals surface area contributed by atoms with E-state index in [1.54, 1.807) is 6.07 Å². The molecule has 0 saturated heterocycles. The van der Waals surface area contributed by atoms with Crippen LogP contribution in [0.5, 0.6) is 0 Å². The number of thiophene rings is 2. The molecule has 0 unspecified atom stereocenters. The maximum absolute atomic E-state index is 13.1. The van der Waals surface area contributed by atoms with E-state index in [0.717, 1.165) is 59.0 Å². The number of carbonyl (C=O) groups is 2. The fourth-order valence-electron chi connectivity index (χ4n) is 3.50. The van der Waals surface area contributed by atoms with Gasteiger partial charge in [-0.25, -0.2) is 0 Å². The summed E-state index contributed by atoms with van der Waals surface area (Å²) in [6, 6.07) is 5.72. The van der Waals surface area contributed by atoms with Gasteiger partial charge in [-0.3, -0.25) is 29.1 Å². The molecule has 0 atom stereocenters. The van der Waals surface area contributed by atoms with Crippen LogP contribution in [-0.4, -0.2) is 21.2 Å². The number of aryl methyl sites for hydroxylation is 1. The van der Waals surface area contributed by atoms with Crippen molar-refractivity contribution in [2.45, 2.75) is 32.2 Å². The molecule has 0 saturated carbocycles. The number of carbonyl (C=O) groups excluding carboxylic acids is 2. The average Bonchev–Trinajstić information content (AvgIpc) is 3.36. The van der Waals surface area contributed by atoms with Crippen molar-refractivity contribution in [3.05, 3.63) is 77.2 Å². The number of amides is 1. The molecule has 0 fully saturated rings. The van der Waals surface area contributed by atoms with E-state index in [9.17, 15) is 24.5 Å². The van der Waals surface area contributed by atoms with Crippen molar-refractivity contribution < 1.29 is 14.5 Å². The first-order valence-corrected chi connectivity index (χ1v) is 11.0. The van der Waals surface area contributed by atoms with E-state index < -0.39 is 16.4 Å². The summed E-state index contributed by atoms with van der Waals surface area (Å²) in [5, 5.41) is 16.0. The van der Waals surface area contributed by atoms with Crippen LogP contribution in [0, 0.1) is 10.1 Å². The van der Waals surface area contributed by atoms with Gasteiger partial charge in [0.25, 0.3) is 11.2 Å². The molecule has 154 valence electrons. The van der Waals surface area contributed by atoms with E-state index >= 15 is 0 Å². The van der Waals surface area contributed by atoms with Gasteiger partial charge in [0.05, 0.1) is 21.6 Å². The predicted molar refractivity (Wildman–Crippen MR) is 115 cm³/mol. The minimum absolute atomic E-state index is 0.118. The number of nitrogens with one attached hydrogen (secondary N) is 1. The largest absolute Gasteiger partial charge is 0.316 e. The predicted octanol–water partition coefficient (Wildman–Crippen LogP) is 3.63. The first-order valence-electron chi connectivity index (χ1n) is 9.31. The van der Waals surface area contributed by atoms with E-state index in [-0.39, 0.29) is 18.0 Å². The molecule has 0 spiro atoms. The summed E-state index contributed by atoms with van der Waals surface area (Å²) in [6.07, 6.45) is 4.73. The maximum atomic E-state index is 13.1. The number of nitrogens with zero attached hydrogens (tertiary/aromatic N) is 2. The second kappa shape index (κ2) is 8.33. The van der Waals surface area contributed by atoms with Gasteiger partial charge < -0.3 is 5.32 Å². The molecule has 8 nitrogen and oxygen atoms in total. The Kier molecular flexibility index (Phi) is 5.60. The van der Waals surface area contributed by atoms with Crippen LogP contribution in [0.25, 0.3) is 0 Å². The maximum Gasteiger partial charge on any atom is 0.285 e. The number of nitro groups is 1. The third-order valence-electron chi connectivity index (χ3n) is 4.89. The van der Waals surface area contributed by atoms with E-state index in [4.69, 9.17) is 0 Å². The van der Waals surface area contributed by atoms with Gasteiger partial charge in [-0.1, -0.05) is 6.07 Å². The highest BCUT2D eigenvalue weighted by Gasteiger charge is 2.27. The standard InChI is InChI=1S/C20H17N3O5S2/c24-16(11-22-10-12(23(27)28)7-8-17(22)25)21-20-18(19(26)15-6-3-9-29-15)13-4-1-2-5-14(13)30-20/h3,6-10H,1-2,4-5,11H2,(H,21,24). The summed E-state index contributed by atoms with van der Waals surface area (Å²) in [6.45, 7) is -0.379. The molecule has 30 heavy (non-hydrogen) atoms. The van der Waals surface area contributed by atoms with Gasteiger partial charge in [0.2, 0.25) is 11.7 Å². The highest BCUT2D eigenvalue weighted by molar-refractivity contribution is 7.17. The van der Waals surface area contributed by atoms with Gasteiger partial charge >= 0.3 is 0 Å². The molecule has 3 aromatic heterocycles. The van der Waals surface area contributed by atoms with Crippen molar-refractivity contribution in [1.82, 2.24) is 4.57 Å². The highest BCUT2D eigenvalue weighted by atomic mass is 32.1. The number of fused-ring (bicyclic) bond motifs is 1. The quantitative estimate of drug-likeness (QED) is 0.355. The van der Waals surface area contributed by atoms with Gasteiger partial charge in [-0.15, -0.1) is 22.7 Å². The fourth-order valence-corrected chi connectivity index (χ4v) is 5.47. The molecule has 10 heteroatoms. The topological polar surface area (TPSA) is 111 Å². The molecule has 4 rings (SSSR count). The Balaban J connectivity index is 1.63. The molecule has 1 amide bonds. The van der Waals surface area contributed by atoms with Crippen molar-refractivity contribution in [3.63, 3.8) is 0 Å². The fraction of sp³-hybridized carbons (Fsp3) is 0.250. The Morgan fingerprint density at radius 1 is 1.20 bits per heavy atom. The number of hydrogen-bond acceptors (Lipinski definition) is 7. The Morgan fingerprint density at radius 2 is 2.00 bits per heavy atom. The van der Waals surface area contributed by atoms with E-state index in [0.29, 0.717) is 15.4 Å². The average molecular weight is 444 g/mol. The molecule has 0 radical (unpaired) electrons. The van der Waals surface area contributed by atoms with Gasteiger partial charge in [0.15, 0.2) is 0 Å². The second-order valence-corrected chi connectivity index (χ2v) is 8.93. The number of rotatable bonds is 6. The van der Waals surface area contributed by atoms with E-state index in [1.165, 1.54) is 22.7 Å². The Labute approximate surface area is 178 Å². The molecule has 1 N–H and O–H groups in total. The summed E-state index contributed by atoms with van der Waals surface area (Å²) in [5.41, 5.74) is 0.725. The molecule has 0 bridgehead atoms. The Bertz CT molecular complexity index is 1190. The van der Waals surface area contributed by atoms with Crippen molar-refractivity contribution in [2.75, 3.05) is 5.32 Å². The van der Waals surface area contributed by atoms with Crippen LogP contribution in [0.4, 0.5) is 10.7 Å². The van der Waals surface area contributed by atoms with Gasteiger partial charge in [0, 0.05) is 17.0 Å². The minimum atomic E-state index is -0.626. The molecule has 1 aliphatic rings. The normalized spacial score (nSPS) is 12.9. The van der Waals surface area contributed by atoms with Crippen LogP contribution in [-0.2, 0) is 24.2 Å². The molecular weight excluding hydrogens is 426 g/mol. The lowest BCUT2D eigenvalue weighted by molar-refractivity contribution is -0.385. The first kappa shape index (κ1) is 20.2. The Hall–Kier alpha value is -3.11.